The number of nitrogens with zero attached hydrogens (tertiary/aromatic N) is 3. The monoisotopic (exact) mass is 483 g/mol. The van der Waals surface area contributed by atoms with Gasteiger partial charge in [0.25, 0.3) is 5.91 Å². The van der Waals surface area contributed by atoms with E-state index in [4.69, 9.17) is 4.74 Å². The van der Waals surface area contributed by atoms with Gasteiger partial charge in [0.2, 0.25) is 5.95 Å². The van der Waals surface area contributed by atoms with Gasteiger partial charge < -0.3 is 15.4 Å². The number of carbonyl (C=O) groups is 1. The van der Waals surface area contributed by atoms with Gasteiger partial charge >= 0.3 is 0 Å². The van der Waals surface area contributed by atoms with Crippen molar-refractivity contribution in [1.29, 1.82) is 0 Å². The first-order chi connectivity index (χ1) is 17.4. The second-order valence-corrected chi connectivity index (χ2v) is 8.85. The van der Waals surface area contributed by atoms with Gasteiger partial charge in [-0.05, 0) is 67.8 Å². The Labute approximate surface area is 208 Å². The maximum absolute atomic E-state index is 13.6. The number of allylic oxidation sites excluding steroid dienone is 1. The smallest absolute Gasteiger partial charge is 0.255 e. The van der Waals surface area contributed by atoms with Gasteiger partial charge in [0, 0.05) is 11.4 Å². The van der Waals surface area contributed by atoms with E-state index in [2.05, 4.69) is 20.7 Å². The van der Waals surface area contributed by atoms with Crippen LogP contribution in [0.3, 0.4) is 0 Å². The maximum atomic E-state index is 13.6. The SMILES string of the molecule is CC1=C(C(=O)Nc2ccc(C)cc2C)[C@@H](c2cccc(OCc3ccc(F)cc3)c2)n2ncnc2N1. The van der Waals surface area contributed by atoms with Crippen LogP contribution in [0.4, 0.5) is 16.0 Å². The van der Waals surface area contributed by atoms with Crippen LogP contribution >= 0.6 is 0 Å². The molecule has 0 saturated heterocycles. The number of nitrogens with one attached hydrogen (secondary N) is 2. The summed E-state index contributed by atoms with van der Waals surface area (Å²) in [6.07, 6.45) is 1.46. The molecule has 2 N–H and O–H groups in total. The summed E-state index contributed by atoms with van der Waals surface area (Å²) in [5.41, 5.74) is 5.77. The van der Waals surface area contributed by atoms with Crippen molar-refractivity contribution < 1.29 is 13.9 Å². The van der Waals surface area contributed by atoms with Crippen LogP contribution in [-0.2, 0) is 11.4 Å². The molecule has 3 aromatic carbocycles. The summed E-state index contributed by atoms with van der Waals surface area (Å²) in [6, 6.07) is 19.2. The van der Waals surface area contributed by atoms with Crippen LogP contribution in [0.1, 0.15) is 35.2 Å². The lowest BCUT2D eigenvalue weighted by Crippen LogP contribution is -2.31. The van der Waals surface area contributed by atoms with E-state index in [1.54, 1.807) is 16.8 Å². The normalized spacial score (nSPS) is 14.7. The van der Waals surface area contributed by atoms with Crippen molar-refractivity contribution in [3.05, 3.63) is 112 Å². The fraction of sp³-hybridized carbons (Fsp3) is 0.179. The predicted molar refractivity (Wildman–Crippen MR) is 136 cm³/mol. The van der Waals surface area contributed by atoms with Crippen molar-refractivity contribution in [1.82, 2.24) is 14.8 Å². The van der Waals surface area contributed by atoms with Gasteiger partial charge in [-0.25, -0.2) is 9.07 Å². The molecule has 36 heavy (non-hydrogen) atoms. The van der Waals surface area contributed by atoms with E-state index in [0.717, 1.165) is 27.9 Å². The standard InChI is InChI=1S/C28H26FN5O2/c1-17-7-12-24(18(2)13-17)33-27(35)25-19(3)32-28-30-16-31-34(28)26(25)21-5-4-6-23(14-21)36-15-20-8-10-22(29)11-9-20/h4-14,16,26H,15H2,1-3H3,(H,33,35)(H,30,31,32)/t26-/m1/s1. The third-order valence-corrected chi connectivity index (χ3v) is 6.16. The summed E-state index contributed by atoms with van der Waals surface area (Å²) >= 11 is 0. The number of anilines is 2. The van der Waals surface area contributed by atoms with E-state index in [-0.39, 0.29) is 11.7 Å². The van der Waals surface area contributed by atoms with Gasteiger partial charge in [-0.15, -0.1) is 0 Å². The van der Waals surface area contributed by atoms with E-state index >= 15 is 0 Å². The first-order valence-corrected chi connectivity index (χ1v) is 11.6. The molecule has 5 rings (SSSR count). The van der Waals surface area contributed by atoms with Crippen molar-refractivity contribution in [3.8, 4) is 5.75 Å². The molecule has 0 spiro atoms. The highest BCUT2D eigenvalue weighted by Crippen LogP contribution is 2.36. The van der Waals surface area contributed by atoms with E-state index in [1.165, 1.54) is 18.5 Å². The fourth-order valence-corrected chi connectivity index (χ4v) is 4.36. The molecule has 1 aliphatic heterocycles. The molecular formula is C28H26FN5O2. The number of fused-ring (bicyclic) bond motifs is 1. The van der Waals surface area contributed by atoms with Crippen LogP contribution in [0, 0.1) is 19.7 Å². The first kappa shape index (κ1) is 23.3. The Kier molecular flexibility index (Phi) is 6.25. The molecule has 0 bridgehead atoms. The minimum absolute atomic E-state index is 0.226. The highest BCUT2D eigenvalue weighted by molar-refractivity contribution is 6.06. The third kappa shape index (κ3) is 4.70. The maximum Gasteiger partial charge on any atom is 0.255 e. The number of hydrogen-bond acceptors (Lipinski definition) is 5. The Morgan fingerprint density at radius 1 is 1.08 bits per heavy atom. The average Bonchev–Trinajstić information content (AvgIpc) is 3.32. The van der Waals surface area contributed by atoms with E-state index in [1.807, 2.05) is 63.2 Å². The summed E-state index contributed by atoms with van der Waals surface area (Å²) in [6.45, 7) is 6.14. The number of benzene rings is 3. The van der Waals surface area contributed by atoms with Gasteiger partial charge in [0.15, 0.2) is 0 Å². The second kappa shape index (κ2) is 9.65. The zero-order chi connectivity index (χ0) is 25.2. The molecule has 0 aliphatic carbocycles. The number of ether oxygens (including phenoxy) is 1. The van der Waals surface area contributed by atoms with Gasteiger partial charge in [-0.2, -0.15) is 10.1 Å². The number of carbonyl (C=O) groups excluding carboxylic acids is 1. The second-order valence-electron chi connectivity index (χ2n) is 8.85. The average molecular weight is 484 g/mol. The summed E-state index contributed by atoms with van der Waals surface area (Å²) in [4.78, 5) is 17.9. The number of hydrogen-bond donors (Lipinski definition) is 2. The van der Waals surface area contributed by atoms with Crippen LogP contribution in [0.15, 0.2) is 84.3 Å². The van der Waals surface area contributed by atoms with Gasteiger partial charge in [-0.1, -0.05) is 42.0 Å². The van der Waals surface area contributed by atoms with E-state index < -0.39 is 6.04 Å². The predicted octanol–water partition coefficient (Wildman–Crippen LogP) is 5.54. The van der Waals surface area contributed by atoms with Gasteiger partial charge in [0.05, 0.1) is 5.57 Å². The van der Waals surface area contributed by atoms with Crippen molar-refractivity contribution in [3.63, 3.8) is 0 Å². The molecule has 1 amide bonds. The molecule has 0 radical (unpaired) electrons. The molecule has 1 aromatic heterocycles. The van der Waals surface area contributed by atoms with Crippen molar-refractivity contribution >= 4 is 17.5 Å². The largest absolute Gasteiger partial charge is 0.489 e. The zero-order valence-electron chi connectivity index (χ0n) is 20.2. The Morgan fingerprint density at radius 2 is 1.89 bits per heavy atom. The number of aryl methyl sites for hydroxylation is 2. The van der Waals surface area contributed by atoms with Crippen LogP contribution in [0.2, 0.25) is 0 Å². The summed E-state index contributed by atoms with van der Waals surface area (Å²) < 4.78 is 20.9. The number of aromatic nitrogens is 3. The minimum atomic E-state index is -0.510. The first-order valence-electron chi connectivity index (χ1n) is 11.6. The molecule has 0 fully saturated rings. The van der Waals surface area contributed by atoms with Crippen LogP contribution < -0.4 is 15.4 Å². The van der Waals surface area contributed by atoms with Crippen molar-refractivity contribution in [2.75, 3.05) is 10.6 Å². The number of rotatable bonds is 6. The highest BCUT2D eigenvalue weighted by atomic mass is 19.1. The number of halogens is 1. The van der Waals surface area contributed by atoms with Crippen LogP contribution in [0.5, 0.6) is 5.75 Å². The molecule has 182 valence electrons. The molecule has 4 aromatic rings. The molecule has 1 atom stereocenters. The van der Waals surface area contributed by atoms with Crippen LogP contribution in [-0.4, -0.2) is 20.7 Å². The molecule has 2 heterocycles. The zero-order valence-corrected chi connectivity index (χ0v) is 20.2. The lowest BCUT2D eigenvalue weighted by Gasteiger charge is -2.29. The lowest BCUT2D eigenvalue weighted by molar-refractivity contribution is -0.113. The van der Waals surface area contributed by atoms with Crippen LogP contribution in [0.25, 0.3) is 0 Å². The summed E-state index contributed by atoms with van der Waals surface area (Å²) in [5, 5.41) is 10.7. The van der Waals surface area contributed by atoms with Gasteiger partial charge in [0.1, 0.15) is 30.5 Å². The van der Waals surface area contributed by atoms with Crippen molar-refractivity contribution in [2.24, 2.45) is 0 Å². The Hall–Kier alpha value is -4.46. The Bertz CT molecular complexity index is 1460. The fourth-order valence-electron chi connectivity index (χ4n) is 4.36. The third-order valence-electron chi connectivity index (χ3n) is 6.16. The Morgan fingerprint density at radius 3 is 2.67 bits per heavy atom. The molecular weight excluding hydrogens is 457 g/mol. The summed E-state index contributed by atoms with van der Waals surface area (Å²) in [7, 11) is 0. The molecule has 0 saturated carbocycles. The topological polar surface area (TPSA) is 81.1 Å². The number of amides is 1. The minimum Gasteiger partial charge on any atom is -0.489 e. The van der Waals surface area contributed by atoms with E-state index in [9.17, 15) is 9.18 Å². The lowest BCUT2D eigenvalue weighted by atomic mass is 9.94. The Balaban J connectivity index is 1.46. The molecule has 0 unspecified atom stereocenters. The molecule has 8 heteroatoms. The molecule has 1 aliphatic rings. The quantitative estimate of drug-likeness (QED) is 0.376. The highest BCUT2D eigenvalue weighted by Gasteiger charge is 2.33. The molecule has 7 nitrogen and oxygen atoms in total. The van der Waals surface area contributed by atoms with Crippen molar-refractivity contribution in [2.45, 2.75) is 33.4 Å². The van der Waals surface area contributed by atoms with Gasteiger partial charge in [-0.3, -0.25) is 4.79 Å². The van der Waals surface area contributed by atoms with E-state index in [0.29, 0.717) is 29.6 Å². The summed E-state index contributed by atoms with van der Waals surface area (Å²) in [5.74, 6) is 0.668.